The summed E-state index contributed by atoms with van der Waals surface area (Å²) in [6.07, 6.45) is 2.26. The summed E-state index contributed by atoms with van der Waals surface area (Å²) in [5.74, 6) is 0.315. The third-order valence-corrected chi connectivity index (χ3v) is 7.20. The van der Waals surface area contributed by atoms with E-state index in [1.807, 2.05) is 24.3 Å². The molecule has 8 heteroatoms. The van der Waals surface area contributed by atoms with E-state index in [2.05, 4.69) is 58.1 Å². The minimum absolute atomic E-state index is 0.224. The number of ether oxygens (including phenoxy) is 2. The van der Waals surface area contributed by atoms with Gasteiger partial charge in [-0.25, -0.2) is 9.48 Å². The number of hydrogen-bond donors (Lipinski definition) is 1. The molecule has 7 nitrogen and oxygen atoms in total. The summed E-state index contributed by atoms with van der Waals surface area (Å²) in [4.78, 5) is 13.6. The molecule has 0 unspecified atom stereocenters. The molecule has 0 atom stereocenters. The first-order valence-corrected chi connectivity index (χ1v) is 12.8. The Hall–Kier alpha value is -3.78. The molecule has 5 rings (SSSR count). The number of aryl methyl sites for hydroxylation is 1. The average molecular weight is 501 g/mol. The molecule has 1 aromatic heterocycles. The third-order valence-electron chi connectivity index (χ3n) is 6.10. The molecule has 1 aliphatic rings. The molecule has 184 valence electrons. The monoisotopic (exact) mass is 500 g/mol. The minimum Gasteiger partial charge on any atom is -0.497 e. The van der Waals surface area contributed by atoms with Gasteiger partial charge in [0, 0.05) is 17.1 Å². The van der Waals surface area contributed by atoms with E-state index in [-0.39, 0.29) is 12.3 Å². The van der Waals surface area contributed by atoms with E-state index in [4.69, 9.17) is 9.47 Å². The lowest BCUT2D eigenvalue weighted by Gasteiger charge is -2.18. The summed E-state index contributed by atoms with van der Waals surface area (Å²) in [5, 5.41) is 12.5. The Kier molecular flexibility index (Phi) is 7.23. The fraction of sp³-hybridized carbons (Fsp3) is 0.250. The molecule has 0 saturated carbocycles. The Morgan fingerprint density at radius 3 is 2.58 bits per heavy atom. The van der Waals surface area contributed by atoms with Gasteiger partial charge in [0.1, 0.15) is 10.8 Å². The van der Waals surface area contributed by atoms with Crippen LogP contribution in [0.1, 0.15) is 35.0 Å². The van der Waals surface area contributed by atoms with E-state index < -0.39 is 5.97 Å². The molecule has 0 aliphatic carbocycles. The first-order valence-electron chi connectivity index (χ1n) is 12.0. The number of fused-ring (bicyclic) bond motifs is 1. The number of nitrogens with one attached hydrogen (secondary N) is 1. The van der Waals surface area contributed by atoms with Crippen molar-refractivity contribution in [2.24, 2.45) is 0 Å². The number of methoxy groups -OCH3 is 1. The van der Waals surface area contributed by atoms with Crippen LogP contribution in [0.5, 0.6) is 5.75 Å². The van der Waals surface area contributed by atoms with Crippen LogP contribution in [0.25, 0.3) is 11.1 Å². The van der Waals surface area contributed by atoms with Gasteiger partial charge in [-0.1, -0.05) is 47.3 Å². The van der Waals surface area contributed by atoms with Gasteiger partial charge in [-0.3, -0.25) is 0 Å². The number of hydrogen-bond acceptors (Lipinski definition) is 7. The van der Waals surface area contributed by atoms with Gasteiger partial charge < -0.3 is 14.8 Å². The summed E-state index contributed by atoms with van der Waals surface area (Å²) < 4.78 is 12.2. The van der Waals surface area contributed by atoms with Gasteiger partial charge in [-0.15, -0.1) is 5.10 Å². The molecule has 3 aromatic carbocycles. The van der Waals surface area contributed by atoms with Crippen LogP contribution >= 0.6 is 11.8 Å². The molecule has 1 aliphatic heterocycles. The van der Waals surface area contributed by atoms with Crippen LogP contribution in [0, 0.1) is 0 Å². The second kappa shape index (κ2) is 10.9. The molecule has 0 fully saturated rings. The van der Waals surface area contributed by atoms with Crippen molar-refractivity contribution in [2.45, 2.75) is 36.2 Å². The number of benzene rings is 3. The van der Waals surface area contributed by atoms with Crippen LogP contribution < -0.4 is 10.1 Å². The molecular formula is C28H28N4O3S. The SMILES string of the molecule is CCOC(=O)c1nnn(Cc2ccc(OC)cc2)c1Sc1ccc(-c2ccc3c(c2)CCCN3)cc1. The number of carbonyl (C=O) groups excluding carboxylic acids is 1. The highest BCUT2D eigenvalue weighted by molar-refractivity contribution is 7.99. The Bertz CT molecular complexity index is 1350. The Morgan fingerprint density at radius 1 is 1.06 bits per heavy atom. The van der Waals surface area contributed by atoms with Crippen molar-refractivity contribution in [3.63, 3.8) is 0 Å². The predicted molar refractivity (Wildman–Crippen MR) is 141 cm³/mol. The Morgan fingerprint density at radius 2 is 1.83 bits per heavy atom. The zero-order chi connectivity index (χ0) is 24.9. The van der Waals surface area contributed by atoms with Gasteiger partial charge in [0.15, 0.2) is 0 Å². The van der Waals surface area contributed by atoms with Crippen LogP contribution in [0.4, 0.5) is 5.69 Å². The molecule has 2 heterocycles. The number of esters is 1. The van der Waals surface area contributed by atoms with Crippen LogP contribution in [-0.2, 0) is 17.7 Å². The number of nitrogens with zero attached hydrogens (tertiary/aromatic N) is 3. The zero-order valence-electron chi connectivity index (χ0n) is 20.4. The van der Waals surface area contributed by atoms with Gasteiger partial charge in [-0.05, 0) is 78.4 Å². The highest BCUT2D eigenvalue weighted by Gasteiger charge is 2.22. The highest BCUT2D eigenvalue weighted by atomic mass is 32.2. The van der Waals surface area contributed by atoms with Crippen molar-refractivity contribution >= 4 is 23.4 Å². The third kappa shape index (κ3) is 5.23. The Labute approximate surface area is 214 Å². The molecule has 0 amide bonds. The van der Waals surface area contributed by atoms with Gasteiger partial charge in [0.25, 0.3) is 0 Å². The van der Waals surface area contributed by atoms with E-state index in [0.717, 1.165) is 41.2 Å². The van der Waals surface area contributed by atoms with Gasteiger partial charge in [0.2, 0.25) is 5.69 Å². The standard InChI is InChI=1S/C28H28N4O3S/c1-3-35-28(33)26-27(32(31-30-26)18-19-6-11-23(34-2)12-7-19)36-24-13-8-20(9-14-24)21-10-15-25-22(17-21)5-4-16-29-25/h6-15,17,29H,3-5,16,18H2,1-2H3. The summed E-state index contributed by atoms with van der Waals surface area (Å²) in [5.41, 5.74) is 6.21. The molecule has 4 aromatic rings. The molecule has 0 bridgehead atoms. The molecule has 36 heavy (non-hydrogen) atoms. The van der Waals surface area contributed by atoms with Crippen molar-refractivity contribution in [1.82, 2.24) is 15.0 Å². The molecular weight excluding hydrogens is 472 g/mol. The quantitative estimate of drug-likeness (QED) is 0.312. The highest BCUT2D eigenvalue weighted by Crippen LogP contribution is 2.33. The molecule has 0 radical (unpaired) electrons. The molecule has 0 spiro atoms. The fourth-order valence-corrected chi connectivity index (χ4v) is 5.14. The topological polar surface area (TPSA) is 78.3 Å². The molecule has 0 saturated heterocycles. The number of anilines is 1. The van der Waals surface area contributed by atoms with Crippen LogP contribution in [0.15, 0.2) is 76.7 Å². The van der Waals surface area contributed by atoms with Crippen molar-refractivity contribution in [3.8, 4) is 16.9 Å². The van der Waals surface area contributed by atoms with E-state index >= 15 is 0 Å². The maximum Gasteiger partial charge on any atom is 0.361 e. The first kappa shape index (κ1) is 23.9. The summed E-state index contributed by atoms with van der Waals surface area (Å²) in [6.45, 7) is 3.57. The van der Waals surface area contributed by atoms with Gasteiger partial charge in [0.05, 0.1) is 20.3 Å². The second-order valence-electron chi connectivity index (χ2n) is 8.50. The van der Waals surface area contributed by atoms with Crippen molar-refractivity contribution in [2.75, 3.05) is 25.6 Å². The Balaban J connectivity index is 1.40. The van der Waals surface area contributed by atoms with Crippen molar-refractivity contribution < 1.29 is 14.3 Å². The summed E-state index contributed by atoms with van der Waals surface area (Å²) >= 11 is 1.46. The van der Waals surface area contributed by atoms with Crippen LogP contribution in [0.2, 0.25) is 0 Å². The summed E-state index contributed by atoms with van der Waals surface area (Å²) in [7, 11) is 1.64. The fourth-order valence-electron chi connectivity index (χ4n) is 4.22. The lowest BCUT2D eigenvalue weighted by Crippen LogP contribution is -2.11. The zero-order valence-corrected chi connectivity index (χ0v) is 21.2. The van der Waals surface area contributed by atoms with E-state index in [1.54, 1.807) is 18.7 Å². The maximum atomic E-state index is 12.6. The van der Waals surface area contributed by atoms with Gasteiger partial charge >= 0.3 is 5.97 Å². The predicted octanol–water partition coefficient (Wildman–Crippen LogP) is 5.69. The second-order valence-corrected chi connectivity index (χ2v) is 9.56. The van der Waals surface area contributed by atoms with Gasteiger partial charge in [-0.2, -0.15) is 0 Å². The maximum absolute atomic E-state index is 12.6. The minimum atomic E-state index is -0.472. The molecule has 1 N–H and O–H groups in total. The lowest BCUT2D eigenvalue weighted by molar-refractivity contribution is 0.0515. The van der Waals surface area contributed by atoms with E-state index in [9.17, 15) is 4.79 Å². The first-order chi connectivity index (χ1) is 17.6. The number of aromatic nitrogens is 3. The largest absolute Gasteiger partial charge is 0.497 e. The smallest absolute Gasteiger partial charge is 0.361 e. The summed E-state index contributed by atoms with van der Waals surface area (Å²) in [6, 6.07) is 22.7. The number of carbonyl (C=O) groups is 1. The normalized spacial score (nSPS) is 12.5. The number of rotatable bonds is 8. The van der Waals surface area contributed by atoms with Crippen molar-refractivity contribution in [3.05, 3.63) is 83.6 Å². The van der Waals surface area contributed by atoms with Crippen LogP contribution in [-0.4, -0.2) is 41.2 Å². The van der Waals surface area contributed by atoms with Crippen LogP contribution in [0.3, 0.4) is 0 Å². The lowest BCUT2D eigenvalue weighted by atomic mass is 9.97. The van der Waals surface area contributed by atoms with Crippen molar-refractivity contribution in [1.29, 1.82) is 0 Å². The van der Waals surface area contributed by atoms with E-state index in [0.29, 0.717) is 11.6 Å². The van der Waals surface area contributed by atoms with E-state index in [1.165, 1.54) is 28.6 Å². The average Bonchev–Trinajstić information content (AvgIpc) is 3.31.